The van der Waals surface area contributed by atoms with E-state index in [1.165, 1.54) is 23.0 Å². The Kier molecular flexibility index (Phi) is 2.11. The number of hydrogen-bond acceptors (Lipinski definition) is 1. The van der Waals surface area contributed by atoms with Crippen molar-refractivity contribution in [2.45, 2.75) is 18.9 Å². The van der Waals surface area contributed by atoms with Crippen LogP contribution in [0.2, 0.25) is 0 Å². The fourth-order valence-corrected chi connectivity index (χ4v) is 2.86. The van der Waals surface area contributed by atoms with Crippen LogP contribution in [0.4, 0.5) is 0 Å². The number of benzene rings is 1. The molecule has 3 heteroatoms. The van der Waals surface area contributed by atoms with Gasteiger partial charge >= 0.3 is 0 Å². The van der Waals surface area contributed by atoms with Crippen LogP contribution in [0.5, 0.6) is 0 Å². The maximum absolute atomic E-state index is 5.78. The van der Waals surface area contributed by atoms with Crippen LogP contribution in [0, 0.1) is 0 Å². The van der Waals surface area contributed by atoms with Gasteiger partial charge in [0.25, 0.3) is 0 Å². The fourth-order valence-electron chi connectivity index (χ4n) is 2.51. The first-order valence-corrected chi connectivity index (χ1v) is 6.07. The molecule has 0 radical (unpaired) electrons. The van der Waals surface area contributed by atoms with Crippen molar-refractivity contribution in [3.8, 4) is 0 Å². The van der Waals surface area contributed by atoms with E-state index in [9.17, 15) is 0 Å². The Morgan fingerprint density at radius 1 is 1.40 bits per heavy atom. The summed E-state index contributed by atoms with van der Waals surface area (Å²) in [6.45, 7) is 1.87. The van der Waals surface area contributed by atoms with Crippen molar-refractivity contribution in [2.24, 2.45) is 5.73 Å². The first kappa shape index (κ1) is 9.43. The molecule has 1 aliphatic rings. The van der Waals surface area contributed by atoms with E-state index in [2.05, 4.69) is 44.8 Å². The molecule has 0 spiro atoms. The molecule has 3 rings (SSSR count). The maximum atomic E-state index is 5.78. The SMILES string of the molecule is NCC1CCn2c1cc1ccc(Br)cc12. The van der Waals surface area contributed by atoms with E-state index in [1.807, 2.05) is 0 Å². The Labute approximate surface area is 97.2 Å². The highest BCUT2D eigenvalue weighted by Gasteiger charge is 2.23. The van der Waals surface area contributed by atoms with Gasteiger partial charge in [0.15, 0.2) is 0 Å². The Balaban J connectivity index is 2.26. The zero-order valence-electron chi connectivity index (χ0n) is 8.41. The van der Waals surface area contributed by atoms with Crippen molar-refractivity contribution in [1.82, 2.24) is 4.57 Å². The van der Waals surface area contributed by atoms with E-state index in [0.717, 1.165) is 17.6 Å². The van der Waals surface area contributed by atoms with Crippen molar-refractivity contribution in [2.75, 3.05) is 6.54 Å². The number of aryl methyl sites for hydroxylation is 1. The molecule has 2 heterocycles. The molecule has 1 atom stereocenters. The average Bonchev–Trinajstić information content (AvgIpc) is 2.76. The largest absolute Gasteiger partial charge is 0.344 e. The second-order valence-corrected chi connectivity index (χ2v) is 5.06. The number of fused-ring (bicyclic) bond motifs is 3. The lowest BCUT2D eigenvalue weighted by Crippen LogP contribution is -2.08. The first-order valence-electron chi connectivity index (χ1n) is 5.28. The number of halogens is 1. The van der Waals surface area contributed by atoms with Gasteiger partial charge in [0.2, 0.25) is 0 Å². The van der Waals surface area contributed by atoms with Gasteiger partial charge in [-0.15, -0.1) is 0 Å². The summed E-state index contributed by atoms with van der Waals surface area (Å²) in [5, 5.41) is 1.33. The smallest absolute Gasteiger partial charge is 0.0493 e. The zero-order valence-corrected chi connectivity index (χ0v) is 10.00. The van der Waals surface area contributed by atoms with E-state index in [1.54, 1.807) is 0 Å². The van der Waals surface area contributed by atoms with Crippen molar-refractivity contribution < 1.29 is 0 Å². The summed E-state index contributed by atoms with van der Waals surface area (Å²) in [6.07, 6.45) is 1.19. The highest BCUT2D eigenvalue weighted by Crippen LogP contribution is 2.34. The summed E-state index contributed by atoms with van der Waals surface area (Å²) >= 11 is 3.52. The van der Waals surface area contributed by atoms with Crippen molar-refractivity contribution in [1.29, 1.82) is 0 Å². The second-order valence-electron chi connectivity index (χ2n) is 4.15. The third kappa shape index (κ3) is 1.34. The van der Waals surface area contributed by atoms with Crippen molar-refractivity contribution in [3.63, 3.8) is 0 Å². The van der Waals surface area contributed by atoms with Crippen molar-refractivity contribution >= 4 is 26.8 Å². The van der Waals surface area contributed by atoms with Gasteiger partial charge in [-0.2, -0.15) is 0 Å². The lowest BCUT2D eigenvalue weighted by molar-refractivity contribution is 0.673. The van der Waals surface area contributed by atoms with Crippen LogP contribution in [-0.2, 0) is 6.54 Å². The topological polar surface area (TPSA) is 30.9 Å². The molecular formula is C12H13BrN2. The van der Waals surface area contributed by atoms with Gasteiger partial charge in [-0.05, 0) is 30.0 Å². The van der Waals surface area contributed by atoms with Gasteiger partial charge in [0, 0.05) is 34.7 Å². The summed E-state index contributed by atoms with van der Waals surface area (Å²) in [6, 6.07) is 8.73. The Morgan fingerprint density at radius 3 is 3.07 bits per heavy atom. The predicted octanol–water partition coefficient (Wildman–Crippen LogP) is 2.85. The van der Waals surface area contributed by atoms with Gasteiger partial charge in [-0.1, -0.05) is 22.0 Å². The molecule has 1 unspecified atom stereocenters. The summed E-state index contributed by atoms with van der Waals surface area (Å²) in [4.78, 5) is 0. The fraction of sp³-hybridized carbons (Fsp3) is 0.333. The number of aromatic nitrogens is 1. The van der Waals surface area contributed by atoms with Crippen LogP contribution in [0.25, 0.3) is 10.9 Å². The average molecular weight is 265 g/mol. The Bertz CT molecular complexity index is 516. The molecule has 0 fully saturated rings. The van der Waals surface area contributed by atoms with Gasteiger partial charge in [0.1, 0.15) is 0 Å². The third-order valence-corrected chi connectivity index (χ3v) is 3.80. The van der Waals surface area contributed by atoms with Crippen molar-refractivity contribution in [3.05, 3.63) is 34.4 Å². The van der Waals surface area contributed by atoms with E-state index < -0.39 is 0 Å². The predicted molar refractivity (Wildman–Crippen MR) is 66.1 cm³/mol. The van der Waals surface area contributed by atoms with Crippen LogP contribution >= 0.6 is 15.9 Å². The highest BCUT2D eigenvalue weighted by molar-refractivity contribution is 9.10. The summed E-state index contributed by atoms with van der Waals surface area (Å²) < 4.78 is 3.55. The standard InChI is InChI=1S/C12H13BrN2/c13-10-2-1-8-5-11-9(7-14)3-4-15(11)12(8)6-10/h1-2,5-6,9H,3-4,7,14H2. The normalized spacial score (nSPS) is 19.7. The van der Waals surface area contributed by atoms with Gasteiger partial charge < -0.3 is 10.3 Å². The molecule has 0 saturated carbocycles. The number of rotatable bonds is 1. The lowest BCUT2D eigenvalue weighted by Gasteiger charge is -2.03. The molecule has 0 amide bonds. The van der Waals surface area contributed by atoms with Gasteiger partial charge in [0.05, 0.1) is 0 Å². The molecule has 0 saturated heterocycles. The molecule has 1 aromatic heterocycles. The van der Waals surface area contributed by atoms with E-state index in [-0.39, 0.29) is 0 Å². The van der Waals surface area contributed by atoms with Gasteiger partial charge in [-0.3, -0.25) is 0 Å². The molecule has 1 aliphatic heterocycles. The first-order chi connectivity index (χ1) is 7.29. The molecule has 0 bridgehead atoms. The van der Waals surface area contributed by atoms with E-state index >= 15 is 0 Å². The quantitative estimate of drug-likeness (QED) is 0.844. The van der Waals surface area contributed by atoms with Crippen LogP contribution < -0.4 is 5.73 Å². The molecule has 2 nitrogen and oxygen atoms in total. The highest BCUT2D eigenvalue weighted by atomic mass is 79.9. The minimum absolute atomic E-state index is 0.552. The molecule has 2 aromatic rings. The van der Waals surface area contributed by atoms with E-state index in [4.69, 9.17) is 5.73 Å². The molecule has 15 heavy (non-hydrogen) atoms. The Morgan fingerprint density at radius 2 is 2.27 bits per heavy atom. The van der Waals surface area contributed by atoms with Crippen LogP contribution in [0.3, 0.4) is 0 Å². The van der Waals surface area contributed by atoms with Crippen LogP contribution in [0.1, 0.15) is 18.0 Å². The summed E-state index contributed by atoms with van der Waals surface area (Å²) in [7, 11) is 0. The second kappa shape index (κ2) is 3.35. The minimum Gasteiger partial charge on any atom is -0.344 e. The molecule has 78 valence electrons. The van der Waals surface area contributed by atoms with E-state index in [0.29, 0.717) is 5.92 Å². The maximum Gasteiger partial charge on any atom is 0.0493 e. The van der Waals surface area contributed by atoms with Gasteiger partial charge in [-0.25, -0.2) is 0 Å². The molecular weight excluding hydrogens is 252 g/mol. The molecule has 1 aromatic carbocycles. The van der Waals surface area contributed by atoms with Crippen LogP contribution in [0.15, 0.2) is 28.7 Å². The number of nitrogens with zero attached hydrogens (tertiary/aromatic N) is 1. The summed E-state index contributed by atoms with van der Waals surface area (Å²) in [5.74, 6) is 0.552. The third-order valence-electron chi connectivity index (χ3n) is 3.30. The summed E-state index contributed by atoms with van der Waals surface area (Å²) in [5.41, 5.74) is 8.51. The van der Waals surface area contributed by atoms with Crippen LogP contribution in [-0.4, -0.2) is 11.1 Å². The molecule has 0 aliphatic carbocycles. The number of nitrogens with two attached hydrogens (primary N) is 1. The minimum atomic E-state index is 0.552. The lowest BCUT2D eigenvalue weighted by atomic mass is 10.1. The number of hydrogen-bond donors (Lipinski definition) is 1. The molecule has 2 N–H and O–H groups in total. The monoisotopic (exact) mass is 264 g/mol. The zero-order chi connectivity index (χ0) is 10.4. The Hall–Kier alpha value is -0.800.